The van der Waals surface area contributed by atoms with Crippen LogP contribution >= 0.6 is 0 Å². The molecule has 4 nitrogen and oxygen atoms in total. The van der Waals surface area contributed by atoms with E-state index in [1.54, 1.807) is 12.4 Å². The van der Waals surface area contributed by atoms with Gasteiger partial charge in [0.2, 0.25) is 0 Å². The standard InChI is InChI=1S/C16H25N3O/c1-3-5-13-7-10-19(11-8-13)16(20)14-6-9-17-12-15(14)18-4-2/h6,9,12-13,18H,3-5,7-8,10-11H2,1-2H3. The first-order chi connectivity index (χ1) is 9.76. The normalized spacial score (nSPS) is 16.2. The number of amides is 1. The van der Waals surface area contributed by atoms with Gasteiger partial charge < -0.3 is 10.2 Å². The smallest absolute Gasteiger partial charge is 0.256 e. The summed E-state index contributed by atoms with van der Waals surface area (Å²) in [5, 5.41) is 3.22. The summed E-state index contributed by atoms with van der Waals surface area (Å²) in [5.74, 6) is 0.938. The molecule has 0 unspecified atom stereocenters. The Labute approximate surface area is 121 Å². The second-order valence-corrected chi connectivity index (χ2v) is 5.48. The molecule has 110 valence electrons. The van der Waals surface area contributed by atoms with Crippen molar-refractivity contribution in [2.45, 2.75) is 39.5 Å². The highest BCUT2D eigenvalue weighted by Crippen LogP contribution is 2.24. The molecule has 2 heterocycles. The van der Waals surface area contributed by atoms with Crippen molar-refractivity contribution >= 4 is 11.6 Å². The molecule has 1 aromatic heterocycles. The Hall–Kier alpha value is -1.58. The Morgan fingerprint density at radius 1 is 1.40 bits per heavy atom. The number of nitrogens with one attached hydrogen (secondary N) is 1. The first kappa shape index (κ1) is 14.8. The van der Waals surface area contributed by atoms with Gasteiger partial charge in [-0.15, -0.1) is 0 Å². The molecule has 1 aromatic rings. The number of anilines is 1. The minimum absolute atomic E-state index is 0.137. The number of carbonyl (C=O) groups excluding carboxylic acids is 1. The molecule has 2 rings (SSSR count). The molecule has 20 heavy (non-hydrogen) atoms. The number of likely N-dealkylation sites (tertiary alicyclic amines) is 1. The molecule has 1 aliphatic rings. The van der Waals surface area contributed by atoms with Crippen molar-refractivity contribution in [1.29, 1.82) is 0 Å². The Balaban J connectivity index is 2.02. The fourth-order valence-corrected chi connectivity index (χ4v) is 2.92. The molecule has 0 radical (unpaired) electrons. The lowest BCUT2D eigenvalue weighted by Crippen LogP contribution is -2.38. The number of piperidine rings is 1. The highest BCUT2D eigenvalue weighted by molar-refractivity contribution is 5.99. The van der Waals surface area contributed by atoms with E-state index in [1.807, 2.05) is 17.9 Å². The van der Waals surface area contributed by atoms with Crippen LogP contribution in [0.3, 0.4) is 0 Å². The lowest BCUT2D eigenvalue weighted by atomic mass is 9.92. The van der Waals surface area contributed by atoms with E-state index in [1.165, 1.54) is 12.8 Å². The predicted octanol–water partition coefficient (Wildman–Crippen LogP) is 3.17. The summed E-state index contributed by atoms with van der Waals surface area (Å²) < 4.78 is 0. The second-order valence-electron chi connectivity index (χ2n) is 5.48. The number of carbonyl (C=O) groups is 1. The first-order valence-corrected chi connectivity index (χ1v) is 7.73. The van der Waals surface area contributed by atoms with Crippen molar-refractivity contribution < 1.29 is 4.79 Å². The summed E-state index contributed by atoms with van der Waals surface area (Å²) >= 11 is 0. The van der Waals surface area contributed by atoms with Gasteiger partial charge in [0.1, 0.15) is 0 Å². The van der Waals surface area contributed by atoms with E-state index >= 15 is 0 Å². The van der Waals surface area contributed by atoms with E-state index in [9.17, 15) is 4.79 Å². The molecule has 0 aromatic carbocycles. The molecule has 0 bridgehead atoms. The quantitative estimate of drug-likeness (QED) is 0.897. The molecule has 1 saturated heterocycles. The second kappa shape index (κ2) is 7.27. The van der Waals surface area contributed by atoms with Crippen LogP contribution in [0.2, 0.25) is 0 Å². The molecule has 1 amide bonds. The number of nitrogens with zero attached hydrogens (tertiary/aromatic N) is 2. The van der Waals surface area contributed by atoms with Gasteiger partial charge >= 0.3 is 0 Å². The molecule has 0 saturated carbocycles. The van der Waals surface area contributed by atoms with Crippen LogP contribution < -0.4 is 5.32 Å². The van der Waals surface area contributed by atoms with E-state index in [0.29, 0.717) is 0 Å². The minimum atomic E-state index is 0.137. The van der Waals surface area contributed by atoms with Crippen molar-refractivity contribution in [2.24, 2.45) is 5.92 Å². The highest BCUT2D eigenvalue weighted by Gasteiger charge is 2.24. The van der Waals surface area contributed by atoms with Crippen LogP contribution in [0.25, 0.3) is 0 Å². The zero-order chi connectivity index (χ0) is 14.4. The molecule has 0 spiro atoms. The van der Waals surface area contributed by atoms with Crippen molar-refractivity contribution in [1.82, 2.24) is 9.88 Å². The van der Waals surface area contributed by atoms with Gasteiger partial charge in [0.15, 0.2) is 0 Å². The minimum Gasteiger partial charge on any atom is -0.383 e. The topological polar surface area (TPSA) is 45.2 Å². The maximum Gasteiger partial charge on any atom is 0.256 e. The van der Waals surface area contributed by atoms with Crippen LogP contribution in [0, 0.1) is 5.92 Å². The van der Waals surface area contributed by atoms with Crippen LogP contribution in [0.15, 0.2) is 18.5 Å². The summed E-state index contributed by atoms with van der Waals surface area (Å²) in [6, 6.07) is 1.82. The van der Waals surface area contributed by atoms with E-state index in [0.717, 1.165) is 49.6 Å². The summed E-state index contributed by atoms with van der Waals surface area (Å²) in [4.78, 5) is 18.7. The van der Waals surface area contributed by atoms with Crippen LogP contribution in [-0.4, -0.2) is 35.4 Å². The third-order valence-corrected chi connectivity index (χ3v) is 4.02. The zero-order valence-corrected chi connectivity index (χ0v) is 12.6. The molecule has 0 atom stereocenters. The summed E-state index contributed by atoms with van der Waals surface area (Å²) in [5.41, 5.74) is 1.59. The van der Waals surface area contributed by atoms with Crippen molar-refractivity contribution in [2.75, 3.05) is 25.0 Å². The molecular weight excluding hydrogens is 250 g/mol. The molecule has 1 N–H and O–H groups in total. The molecule has 1 aliphatic heterocycles. The number of hydrogen-bond donors (Lipinski definition) is 1. The fraction of sp³-hybridized carbons (Fsp3) is 0.625. The highest BCUT2D eigenvalue weighted by atomic mass is 16.2. The predicted molar refractivity (Wildman–Crippen MR) is 81.9 cm³/mol. The average Bonchev–Trinajstić information content (AvgIpc) is 2.49. The fourth-order valence-electron chi connectivity index (χ4n) is 2.92. The van der Waals surface area contributed by atoms with Crippen molar-refractivity contribution in [3.8, 4) is 0 Å². The van der Waals surface area contributed by atoms with Gasteiger partial charge in [0.05, 0.1) is 17.4 Å². The zero-order valence-electron chi connectivity index (χ0n) is 12.6. The molecular formula is C16H25N3O. The van der Waals surface area contributed by atoms with Crippen LogP contribution in [0.5, 0.6) is 0 Å². The monoisotopic (exact) mass is 275 g/mol. The molecule has 0 aliphatic carbocycles. The SMILES string of the molecule is CCCC1CCN(C(=O)c2ccncc2NCC)CC1. The Morgan fingerprint density at radius 2 is 2.15 bits per heavy atom. The van der Waals surface area contributed by atoms with Crippen LogP contribution in [-0.2, 0) is 0 Å². The number of aromatic nitrogens is 1. The maximum absolute atomic E-state index is 12.6. The average molecular weight is 275 g/mol. The van der Waals surface area contributed by atoms with E-state index in [-0.39, 0.29) is 5.91 Å². The third kappa shape index (κ3) is 3.50. The Bertz CT molecular complexity index is 439. The van der Waals surface area contributed by atoms with Gasteiger partial charge in [-0.3, -0.25) is 9.78 Å². The largest absolute Gasteiger partial charge is 0.383 e. The van der Waals surface area contributed by atoms with Gasteiger partial charge in [0, 0.05) is 25.8 Å². The first-order valence-electron chi connectivity index (χ1n) is 7.73. The molecule has 1 fully saturated rings. The van der Waals surface area contributed by atoms with Gasteiger partial charge in [0.25, 0.3) is 5.91 Å². The summed E-state index contributed by atoms with van der Waals surface area (Å²) in [6.45, 7) is 6.83. The number of rotatable bonds is 5. The Kier molecular flexibility index (Phi) is 5.39. The van der Waals surface area contributed by atoms with Gasteiger partial charge in [-0.1, -0.05) is 19.8 Å². The van der Waals surface area contributed by atoms with E-state index in [4.69, 9.17) is 0 Å². The van der Waals surface area contributed by atoms with Crippen molar-refractivity contribution in [3.05, 3.63) is 24.0 Å². The maximum atomic E-state index is 12.6. The molecule has 4 heteroatoms. The lowest BCUT2D eigenvalue weighted by molar-refractivity contribution is 0.0687. The lowest BCUT2D eigenvalue weighted by Gasteiger charge is -2.32. The third-order valence-electron chi connectivity index (χ3n) is 4.02. The van der Waals surface area contributed by atoms with Crippen LogP contribution in [0.4, 0.5) is 5.69 Å². The van der Waals surface area contributed by atoms with Crippen molar-refractivity contribution in [3.63, 3.8) is 0 Å². The number of pyridine rings is 1. The van der Waals surface area contributed by atoms with Crippen LogP contribution in [0.1, 0.15) is 49.9 Å². The van der Waals surface area contributed by atoms with Gasteiger partial charge in [-0.25, -0.2) is 0 Å². The van der Waals surface area contributed by atoms with Gasteiger partial charge in [-0.2, -0.15) is 0 Å². The number of hydrogen-bond acceptors (Lipinski definition) is 3. The van der Waals surface area contributed by atoms with E-state index < -0.39 is 0 Å². The Morgan fingerprint density at radius 3 is 2.80 bits per heavy atom. The van der Waals surface area contributed by atoms with Gasteiger partial charge in [-0.05, 0) is 31.7 Å². The van der Waals surface area contributed by atoms with E-state index in [2.05, 4.69) is 17.2 Å². The summed E-state index contributed by atoms with van der Waals surface area (Å²) in [6.07, 6.45) is 8.24. The summed E-state index contributed by atoms with van der Waals surface area (Å²) in [7, 11) is 0.